The quantitative estimate of drug-likeness (QED) is 0.489. The van der Waals surface area contributed by atoms with Crippen LogP contribution in [0.25, 0.3) is 0 Å². The van der Waals surface area contributed by atoms with E-state index < -0.39 is 11.7 Å². The monoisotopic (exact) mass is 203 g/mol. The van der Waals surface area contributed by atoms with Crippen molar-refractivity contribution in [3.8, 4) is 0 Å². The first-order chi connectivity index (χ1) is 6.35. The van der Waals surface area contributed by atoms with Crippen molar-refractivity contribution in [2.75, 3.05) is 13.2 Å². The number of nitrogens with two attached hydrogens (primary N) is 1. The fraction of sp³-hybridized carbons (Fsp3) is 0.778. The molecule has 0 fully saturated rings. The summed E-state index contributed by atoms with van der Waals surface area (Å²) in [5.41, 5.74) is -0.496. The van der Waals surface area contributed by atoms with Crippen LogP contribution in [-0.2, 0) is 9.47 Å². The van der Waals surface area contributed by atoms with Crippen LogP contribution in [0.1, 0.15) is 27.7 Å². The molecule has 0 aromatic carbocycles. The van der Waals surface area contributed by atoms with Gasteiger partial charge in [-0.3, -0.25) is 0 Å². The van der Waals surface area contributed by atoms with Crippen LogP contribution in [0.3, 0.4) is 0 Å². The molecule has 0 unspecified atom stereocenters. The molecule has 0 saturated heterocycles. The molecule has 5 heteroatoms. The fourth-order valence-corrected chi connectivity index (χ4v) is 0.710. The van der Waals surface area contributed by atoms with Crippen molar-refractivity contribution in [3.63, 3.8) is 0 Å². The van der Waals surface area contributed by atoms with Crippen LogP contribution in [0.15, 0.2) is 0 Å². The molecule has 0 atom stereocenters. The summed E-state index contributed by atoms with van der Waals surface area (Å²) < 4.78 is 9.94. The van der Waals surface area contributed by atoms with E-state index in [0.29, 0.717) is 6.61 Å². The summed E-state index contributed by atoms with van der Waals surface area (Å²) in [6.45, 7) is 7.86. The van der Waals surface area contributed by atoms with Crippen LogP contribution in [0.2, 0.25) is 0 Å². The number of carbonyl (C=O) groups excluding carboxylic acids is 1. The molecule has 0 aliphatic carbocycles. The van der Waals surface area contributed by atoms with Gasteiger partial charge in [0.2, 0.25) is 0 Å². The van der Waals surface area contributed by atoms with Crippen LogP contribution in [0.4, 0.5) is 4.79 Å². The van der Waals surface area contributed by atoms with Crippen molar-refractivity contribution in [3.05, 3.63) is 0 Å². The summed E-state index contributed by atoms with van der Waals surface area (Å²) in [5, 5.41) is 7.90. The molecule has 0 rings (SSSR count). The van der Waals surface area contributed by atoms with Crippen molar-refractivity contribution in [2.45, 2.75) is 33.3 Å². The van der Waals surface area contributed by atoms with Crippen molar-refractivity contribution < 1.29 is 19.7 Å². The molecule has 0 radical (unpaired) electrons. The Morgan fingerprint density at radius 3 is 2.43 bits per heavy atom. The highest BCUT2D eigenvalue weighted by Gasteiger charge is 2.16. The smallest absolute Gasteiger partial charge is 0.408 e. The second-order valence-electron chi connectivity index (χ2n) is 3.75. The molecule has 5 nitrogen and oxygen atoms in total. The lowest BCUT2D eigenvalue weighted by molar-refractivity contribution is -0.142. The predicted molar refractivity (Wildman–Crippen MR) is 52.8 cm³/mol. The third kappa shape index (κ3) is 7.39. The fourth-order valence-electron chi connectivity index (χ4n) is 0.710. The minimum absolute atomic E-state index is 0.169. The highest BCUT2D eigenvalue weighted by atomic mass is 16.6. The molecule has 0 saturated carbocycles. The van der Waals surface area contributed by atoms with E-state index in [2.05, 4.69) is 5.32 Å². The lowest BCUT2D eigenvalue weighted by atomic mass is 10.2. The van der Waals surface area contributed by atoms with Crippen molar-refractivity contribution in [2.24, 2.45) is 0 Å². The number of rotatable bonds is 3. The summed E-state index contributed by atoms with van der Waals surface area (Å²) in [5.74, 6) is 0.276. The summed E-state index contributed by atoms with van der Waals surface area (Å²) in [4.78, 5) is 11.1. The number of hydrogen-bond donors (Lipinski definition) is 2. The number of ether oxygens (including phenoxy) is 2. The van der Waals surface area contributed by atoms with Gasteiger partial charge in [0.15, 0.2) is 0 Å². The standard InChI is InChI=1S/C9H18N2O3/c1-5-13-7(10)6-11-8(12)14-9(2,3)4/h10H,5-6H2,1-4H3,(H,11,12)/p+1. The minimum Gasteiger partial charge on any atom is -0.447 e. The van der Waals surface area contributed by atoms with E-state index in [4.69, 9.17) is 14.9 Å². The molecule has 1 amide bonds. The predicted octanol–water partition coefficient (Wildman–Crippen LogP) is -0.295. The van der Waals surface area contributed by atoms with Crippen molar-refractivity contribution in [1.82, 2.24) is 5.32 Å². The van der Waals surface area contributed by atoms with Crippen molar-refractivity contribution in [1.29, 1.82) is 0 Å². The summed E-state index contributed by atoms with van der Waals surface area (Å²) in [6, 6.07) is 0. The Bertz CT molecular complexity index is 209. The van der Waals surface area contributed by atoms with Gasteiger partial charge in [0, 0.05) is 0 Å². The Balaban J connectivity index is 3.70. The Kier molecular flexibility index (Phi) is 4.97. The maximum atomic E-state index is 11.1. The van der Waals surface area contributed by atoms with Gasteiger partial charge in [-0.15, -0.1) is 0 Å². The zero-order valence-electron chi connectivity index (χ0n) is 9.22. The van der Waals surface area contributed by atoms with Gasteiger partial charge in [-0.2, -0.15) is 0 Å². The summed E-state index contributed by atoms with van der Waals surface area (Å²) >= 11 is 0. The first kappa shape index (κ1) is 12.7. The Hall–Kier alpha value is -1.26. The molecule has 0 spiro atoms. The van der Waals surface area contributed by atoms with Gasteiger partial charge in [0.1, 0.15) is 12.1 Å². The molecular weight excluding hydrogens is 184 g/mol. The van der Waals surface area contributed by atoms with Gasteiger partial charge >= 0.3 is 12.0 Å². The highest BCUT2D eigenvalue weighted by molar-refractivity contribution is 5.77. The third-order valence-corrected chi connectivity index (χ3v) is 1.14. The zero-order chi connectivity index (χ0) is 11.2. The molecule has 14 heavy (non-hydrogen) atoms. The van der Waals surface area contributed by atoms with Crippen molar-refractivity contribution >= 4 is 12.0 Å². The van der Waals surface area contributed by atoms with Gasteiger partial charge in [-0.25, -0.2) is 10.2 Å². The second kappa shape index (κ2) is 5.47. The molecule has 0 aliphatic heterocycles. The number of nitrogens with one attached hydrogen (secondary N) is 1. The van der Waals surface area contributed by atoms with Crippen LogP contribution >= 0.6 is 0 Å². The molecule has 0 bridgehead atoms. The van der Waals surface area contributed by atoms with Crippen LogP contribution in [0, 0.1) is 0 Å². The molecule has 0 aromatic rings. The van der Waals surface area contributed by atoms with Crippen LogP contribution in [-0.4, -0.2) is 30.7 Å². The molecule has 82 valence electrons. The first-order valence-electron chi connectivity index (χ1n) is 4.56. The molecule has 0 aromatic heterocycles. The van der Waals surface area contributed by atoms with E-state index >= 15 is 0 Å². The highest BCUT2D eigenvalue weighted by Crippen LogP contribution is 2.05. The average Bonchev–Trinajstić information content (AvgIpc) is 1.98. The molecular formula is C9H19N2O3+. The van der Waals surface area contributed by atoms with Gasteiger partial charge < -0.3 is 14.8 Å². The largest absolute Gasteiger partial charge is 0.447 e. The van der Waals surface area contributed by atoms with Crippen LogP contribution in [0.5, 0.6) is 0 Å². The first-order valence-corrected chi connectivity index (χ1v) is 4.56. The Morgan fingerprint density at radius 1 is 1.43 bits per heavy atom. The van der Waals surface area contributed by atoms with Gasteiger partial charge in [0.25, 0.3) is 0 Å². The number of carbonyl (C=O) groups is 1. The van der Waals surface area contributed by atoms with E-state index in [9.17, 15) is 4.79 Å². The second-order valence-corrected chi connectivity index (χ2v) is 3.75. The average molecular weight is 203 g/mol. The summed E-state index contributed by atoms with van der Waals surface area (Å²) in [7, 11) is 0. The molecule has 0 heterocycles. The van der Waals surface area contributed by atoms with E-state index in [-0.39, 0.29) is 12.4 Å². The van der Waals surface area contributed by atoms with Gasteiger partial charge in [-0.1, -0.05) is 0 Å². The summed E-state index contributed by atoms with van der Waals surface area (Å²) in [6.07, 6.45) is -0.500. The lowest BCUT2D eigenvalue weighted by Crippen LogP contribution is -2.49. The maximum absolute atomic E-state index is 11.1. The topological polar surface area (TPSA) is 73.2 Å². The SMILES string of the molecule is CCOC(=[NH2+])CNC(=O)OC(C)(C)C. The van der Waals surface area contributed by atoms with Gasteiger partial charge in [0.05, 0.1) is 6.61 Å². The molecule has 3 N–H and O–H groups in total. The van der Waals surface area contributed by atoms with Crippen LogP contribution < -0.4 is 10.7 Å². The number of hydrogen-bond acceptors (Lipinski definition) is 3. The van der Waals surface area contributed by atoms with Gasteiger partial charge in [-0.05, 0) is 27.7 Å². The van der Waals surface area contributed by atoms with E-state index in [1.807, 2.05) is 6.92 Å². The van der Waals surface area contributed by atoms with E-state index in [1.165, 1.54) is 0 Å². The normalized spacial score (nSPS) is 10.6. The minimum atomic E-state index is -0.500. The molecule has 0 aliphatic rings. The third-order valence-electron chi connectivity index (χ3n) is 1.14. The Morgan fingerprint density at radius 2 is 2.00 bits per heavy atom. The zero-order valence-corrected chi connectivity index (χ0v) is 9.22. The lowest BCUT2D eigenvalue weighted by Gasteiger charge is -2.19. The van der Waals surface area contributed by atoms with E-state index in [0.717, 1.165) is 0 Å². The Labute approximate surface area is 84.3 Å². The number of amides is 1. The van der Waals surface area contributed by atoms with E-state index in [1.54, 1.807) is 20.8 Å². The maximum Gasteiger partial charge on any atom is 0.408 e. The number of alkyl carbamates (subject to hydrolysis) is 1.